The Balaban J connectivity index is 1.97. The fourth-order valence-corrected chi connectivity index (χ4v) is 2.81. The van der Waals surface area contributed by atoms with Crippen molar-refractivity contribution in [1.29, 1.82) is 0 Å². The first kappa shape index (κ1) is 15.1. The molecule has 1 aromatic rings. The van der Waals surface area contributed by atoms with Gasteiger partial charge in [0.05, 0.1) is 7.11 Å². The molecule has 0 fully saturated rings. The van der Waals surface area contributed by atoms with Gasteiger partial charge in [-0.15, -0.1) is 0 Å². The van der Waals surface area contributed by atoms with E-state index in [4.69, 9.17) is 4.74 Å². The van der Waals surface area contributed by atoms with E-state index in [1.54, 1.807) is 12.3 Å². The lowest BCUT2D eigenvalue weighted by Gasteiger charge is -2.11. The number of aliphatic imine (C=N–C) groups is 1. The second kappa shape index (κ2) is 7.48. The lowest BCUT2D eigenvalue weighted by molar-refractivity contribution is 0.373. The molecule has 20 heavy (non-hydrogen) atoms. The Hall–Kier alpha value is -1.29. The zero-order chi connectivity index (χ0) is 14.4. The van der Waals surface area contributed by atoms with Crippen LogP contribution < -0.4 is 4.74 Å². The highest BCUT2D eigenvalue weighted by Crippen LogP contribution is 2.32. The summed E-state index contributed by atoms with van der Waals surface area (Å²) in [6, 6.07) is 3.57. The summed E-state index contributed by atoms with van der Waals surface area (Å²) in [6.07, 6.45) is 10.1. The van der Waals surface area contributed by atoms with E-state index in [1.165, 1.54) is 38.4 Å². The highest BCUT2D eigenvalue weighted by atomic mass is 79.9. The molecule has 0 aromatic heterocycles. The Morgan fingerprint density at radius 2 is 2.25 bits per heavy atom. The van der Waals surface area contributed by atoms with Crippen LogP contribution in [0, 0.1) is 0 Å². The minimum atomic E-state index is 0.135. The van der Waals surface area contributed by atoms with Gasteiger partial charge in [0.15, 0.2) is 11.5 Å². The summed E-state index contributed by atoms with van der Waals surface area (Å²) in [5.41, 5.74) is 2.19. The Kier molecular flexibility index (Phi) is 5.65. The summed E-state index contributed by atoms with van der Waals surface area (Å²) in [7, 11) is 1.54. The molecule has 3 nitrogen and oxygen atoms in total. The first-order valence-electron chi connectivity index (χ1n) is 6.95. The van der Waals surface area contributed by atoms with E-state index in [-0.39, 0.29) is 5.75 Å². The number of halogens is 1. The molecule has 1 aliphatic rings. The van der Waals surface area contributed by atoms with Gasteiger partial charge in [-0.3, -0.25) is 4.99 Å². The van der Waals surface area contributed by atoms with Gasteiger partial charge < -0.3 is 9.84 Å². The predicted molar refractivity (Wildman–Crippen MR) is 86.0 cm³/mol. The van der Waals surface area contributed by atoms with Crippen LogP contribution in [0.5, 0.6) is 11.5 Å². The first-order valence-corrected chi connectivity index (χ1v) is 7.74. The molecule has 0 spiro atoms. The van der Waals surface area contributed by atoms with Crippen LogP contribution >= 0.6 is 15.9 Å². The number of methoxy groups -OCH3 is 1. The third kappa shape index (κ3) is 4.10. The van der Waals surface area contributed by atoms with E-state index < -0.39 is 0 Å². The van der Waals surface area contributed by atoms with Gasteiger partial charge in [-0.05, 0) is 44.2 Å². The van der Waals surface area contributed by atoms with E-state index >= 15 is 0 Å². The summed E-state index contributed by atoms with van der Waals surface area (Å²) < 4.78 is 5.98. The first-order chi connectivity index (χ1) is 9.70. The Morgan fingerprint density at radius 1 is 1.40 bits per heavy atom. The van der Waals surface area contributed by atoms with Crippen molar-refractivity contribution in [3.05, 3.63) is 33.8 Å². The number of hydrogen-bond donors (Lipinski definition) is 1. The molecule has 1 aliphatic carbocycles. The number of hydrogen-bond acceptors (Lipinski definition) is 3. The maximum absolute atomic E-state index is 10.0. The fraction of sp³-hybridized carbons (Fsp3) is 0.438. The van der Waals surface area contributed by atoms with Gasteiger partial charge in [-0.1, -0.05) is 27.6 Å². The summed E-state index contributed by atoms with van der Waals surface area (Å²) in [4.78, 5) is 4.41. The molecule has 108 valence electrons. The van der Waals surface area contributed by atoms with Gasteiger partial charge in [0.1, 0.15) is 0 Å². The van der Waals surface area contributed by atoms with Crippen LogP contribution in [0.3, 0.4) is 0 Å². The van der Waals surface area contributed by atoms with Crippen LogP contribution in [0.4, 0.5) is 0 Å². The normalized spacial score (nSPS) is 15.4. The van der Waals surface area contributed by atoms with E-state index in [0.717, 1.165) is 17.4 Å². The van der Waals surface area contributed by atoms with Crippen molar-refractivity contribution in [3.63, 3.8) is 0 Å². The van der Waals surface area contributed by atoms with Crippen LogP contribution in [-0.4, -0.2) is 25.0 Å². The van der Waals surface area contributed by atoms with Gasteiger partial charge >= 0.3 is 0 Å². The highest BCUT2D eigenvalue weighted by molar-refractivity contribution is 9.10. The van der Waals surface area contributed by atoms with Gasteiger partial charge in [0, 0.05) is 22.8 Å². The number of allylic oxidation sites excluding steroid dienone is 1. The molecule has 0 unspecified atom stereocenters. The molecule has 0 saturated heterocycles. The van der Waals surface area contributed by atoms with Crippen molar-refractivity contribution in [3.8, 4) is 11.5 Å². The minimum Gasteiger partial charge on any atom is -0.504 e. The number of benzene rings is 1. The molecule has 1 N–H and O–H groups in total. The molecule has 2 rings (SSSR count). The number of phenolic OH excluding ortho intramolecular Hbond substituents is 1. The summed E-state index contributed by atoms with van der Waals surface area (Å²) in [5, 5.41) is 10.0. The minimum absolute atomic E-state index is 0.135. The van der Waals surface area contributed by atoms with Crippen LogP contribution in [0.25, 0.3) is 0 Å². The molecule has 0 atom stereocenters. The zero-order valence-corrected chi connectivity index (χ0v) is 13.3. The molecule has 0 aliphatic heterocycles. The van der Waals surface area contributed by atoms with E-state index in [0.29, 0.717) is 11.3 Å². The topological polar surface area (TPSA) is 41.8 Å². The Bertz CT molecular complexity index is 523. The summed E-state index contributed by atoms with van der Waals surface area (Å²) in [5.74, 6) is 0.590. The average Bonchev–Trinajstić information content (AvgIpc) is 2.47. The standard InChI is InChI=1S/C16H20BrNO2/c1-20-15-10-14(17)9-13(16(15)19)11-18-8-7-12-5-3-2-4-6-12/h5,9-11,19H,2-4,6-8H2,1H3. The van der Waals surface area contributed by atoms with Gasteiger partial charge in [0.2, 0.25) is 0 Å². The number of ether oxygens (including phenoxy) is 1. The maximum Gasteiger partial charge on any atom is 0.166 e. The second-order valence-corrected chi connectivity index (χ2v) is 5.85. The van der Waals surface area contributed by atoms with Gasteiger partial charge in [0.25, 0.3) is 0 Å². The largest absolute Gasteiger partial charge is 0.504 e. The number of aromatic hydroxyl groups is 1. The Morgan fingerprint density at radius 3 is 2.95 bits per heavy atom. The SMILES string of the molecule is COc1cc(Br)cc(C=NCCC2=CCCCC2)c1O. The van der Waals surface area contributed by atoms with Crippen LogP contribution in [0.15, 0.2) is 33.2 Å². The molecular formula is C16H20BrNO2. The quantitative estimate of drug-likeness (QED) is 0.636. The average molecular weight is 338 g/mol. The van der Waals surface area contributed by atoms with E-state index in [1.807, 2.05) is 6.07 Å². The van der Waals surface area contributed by atoms with Crippen LogP contribution in [-0.2, 0) is 0 Å². The van der Waals surface area contributed by atoms with Crippen molar-refractivity contribution >= 4 is 22.1 Å². The van der Waals surface area contributed by atoms with Crippen molar-refractivity contribution in [2.24, 2.45) is 4.99 Å². The van der Waals surface area contributed by atoms with Crippen molar-refractivity contribution in [2.45, 2.75) is 32.1 Å². The molecule has 0 bridgehead atoms. The van der Waals surface area contributed by atoms with Crippen LogP contribution in [0.2, 0.25) is 0 Å². The molecular weight excluding hydrogens is 318 g/mol. The summed E-state index contributed by atoms with van der Waals surface area (Å²) >= 11 is 3.40. The van der Waals surface area contributed by atoms with Crippen LogP contribution in [0.1, 0.15) is 37.7 Å². The van der Waals surface area contributed by atoms with Gasteiger partial charge in [-0.2, -0.15) is 0 Å². The Labute approximate surface area is 128 Å². The van der Waals surface area contributed by atoms with E-state index in [9.17, 15) is 5.11 Å². The third-order valence-corrected chi connectivity index (χ3v) is 3.92. The van der Waals surface area contributed by atoms with Crippen molar-refractivity contribution < 1.29 is 9.84 Å². The van der Waals surface area contributed by atoms with Crippen molar-refractivity contribution in [1.82, 2.24) is 0 Å². The number of rotatable bonds is 5. The second-order valence-electron chi connectivity index (χ2n) is 4.94. The smallest absolute Gasteiger partial charge is 0.166 e. The maximum atomic E-state index is 10.0. The monoisotopic (exact) mass is 337 g/mol. The summed E-state index contributed by atoms with van der Waals surface area (Å²) in [6.45, 7) is 0.764. The molecule has 0 radical (unpaired) electrons. The molecule has 0 amide bonds. The molecule has 4 heteroatoms. The lowest BCUT2D eigenvalue weighted by atomic mass is 9.97. The highest BCUT2D eigenvalue weighted by Gasteiger charge is 2.08. The van der Waals surface area contributed by atoms with E-state index in [2.05, 4.69) is 27.0 Å². The molecule has 0 heterocycles. The number of nitrogens with zero attached hydrogens (tertiary/aromatic N) is 1. The lowest BCUT2D eigenvalue weighted by Crippen LogP contribution is -1.95. The zero-order valence-electron chi connectivity index (χ0n) is 11.7. The fourth-order valence-electron chi connectivity index (χ4n) is 2.35. The number of phenols is 1. The van der Waals surface area contributed by atoms with Crippen molar-refractivity contribution in [2.75, 3.05) is 13.7 Å². The molecule has 1 aromatic carbocycles. The predicted octanol–water partition coefficient (Wildman–Crippen LogP) is 4.47. The molecule has 0 saturated carbocycles. The van der Waals surface area contributed by atoms with Gasteiger partial charge in [-0.25, -0.2) is 0 Å². The third-order valence-electron chi connectivity index (χ3n) is 3.47.